The fourth-order valence-electron chi connectivity index (χ4n) is 5.08. The predicted octanol–water partition coefficient (Wildman–Crippen LogP) is 7.76. The second-order valence-electron chi connectivity index (χ2n) is 9.98. The van der Waals surface area contributed by atoms with E-state index in [4.69, 9.17) is 4.74 Å². The maximum atomic E-state index is 13.6. The predicted molar refractivity (Wildman–Crippen MR) is 135 cm³/mol. The largest absolute Gasteiger partial charge is 0.511 e. The van der Waals surface area contributed by atoms with Crippen LogP contribution in [-0.4, -0.2) is 11.1 Å². The van der Waals surface area contributed by atoms with Crippen molar-refractivity contribution in [2.24, 2.45) is 17.8 Å². The van der Waals surface area contributed by atoms with Crippen LogP contribution < -0.4 is 0 Å². The zero-order chi connectivity index (χ0) is 23.8. The SMILES string of the molecule is CCCCCC(Cc1ccccc1)C1=C(O)C(C)C(CCC(C)C)(c2ccccc2)OC1=O. The van der Waals surface area contributed by atoms with Gasteiger partial charge in [0.2, 0.25) is 0 Å². The fourth-order valence-corrected chi connectivity index (χ4v) is 5.08. The molecule has 0 fully saturated rings. The zero-order valence-electron chi connectivity index (χ0n) is 20.7. The summed E-state index contributed by atoms with van der Waals surface area (Å²) in [6, 6.07) is 20.2. The van der Waals surface area contributed by atoms with Gasteiger partial charge in [-0.2, -0.15) is 0 Å². The molecule has 0 amide bonds. The van der Waals surface area contributed by atoms with Crippen molar-refractivity contribution in [1.29, 1.82) is 0 Å². The van der Waals surface area contributed by atoms with Crippen molar-refractivity contribution in [3.8, 4) is 0 Å². The van der Waals surface area contributed by atoms with Crippen molar-refractivity contribution in [3.63, 3.8) is 0 Å². The van der Waals surface area contributed by atoms with Crippen LogP contribution in [0.1, 0.15) is 77.3 Å². The zero-order valence-corrected chi connectivity index (χ0v) is 20.7. The highest BCUT2D eigenvalue weighted by atomic mass is 16.6. The number of carbonyl (C=O) groups excluding carboxylic acids is 1. The first-order chi connectivity index (χ1) is 15.9. The van der Waals surface area contributed by atoms with Gasteiger partial charge in [-0.1, -0.05) is 108 Å². The van der Waals surface area contributed by atoms with Crippen LogP contribution in [0.4, 0.5) is 0 Å². The molecular weight excluding hydrogens is 408 g/mol. The molecule has 1 aliphatic rings. The summed E-state index contributed by atoms with van der Waals surface area (Å²) in [6.45, 7) is 8.56. The molecule has 0 spiro atoms. The number of aliphatic hydroxyl groups is 1. The minimum atomic E-state index is -0.836. The third kappa shape index (κ3) is 5.88. The highest BCUT2D eigenvalue weighted by molar-refractivity contribution is 5.91. The van der Waals surface area contributed by atoms with Gasteiger partial charge in [-0.15, -0.1) is 0 Å². The van der Waals surface area contributed by atoms with Crippen molar-refractivity contribution in [1.82, 2.24) is 0 Å². The van der Waals surface area contributed by atoms with Crippen LogP contribution in [0, 0.1) is 17.8 Å². The number of benzene rings is 2. The van der Waals surface area contributed by atoms with Gasteiger partial charge < -0.3 is 9.84 Å². The highest BCUT2D eigenvalue weighted by Crippen LogP contribution is 2.48. The standard InChI is InChI=1S/C30H40O3/c1-5-6-9-16-25(21-24-14-10-7-11-15-24)27-28(31)23(4)30(33-29(27)32,20-19-22(2)3)26-17-12-8-13-18-26/h7-8,10-15,17-18,22-23,25,31H,5-6,9,16,19-21H2,1-4H3. The second kappa shape index (κ2) is 11.5. The first kappa shape index (κ1) is 25.1. The maximum Gasteiger partial charge on any atom is 0.338 e. The van der Waals surface area contributed by atoms with E-state index in [0.29, 0.717) is 17.9 Å². The molecule has 0 saturated heterocycles. The molecule has 3 heteroatoms. The molecule has 0 saturated carbocycles. The minimum Gasteiger partial charge on any atom is -0.511 e. The van der Waals surface area contributed by atoms with E-state index < -0.39 is 5.60 Å². The van der Waals surface area contributed by atoms with Gasteiger partial charge in [-0.3, -0.25) is 0 Å². The van der Waals surface area contributed by atoms with Crippen LogP contribution in [0.15, 0.2) is 72.0 Å². The van der Waals surface area contributed by atoms with Crippen LogP contribution in [0.5, 0.6) is 0 Å². The highest BCUT2D eigenvalue weighted by Gasteiger charge is 2.50. The Kier molecular flexibility index (Phi) is 8.77. The van der Waals surface area contributed by atoms with Crippen LogP contribution in [-0.2, 0) is 21.6 Å². The number of esters is 1. The monoisotopic (exact) mass is 448 g/mol. The third-order valence-electron chi connectivity index (χ3n) is 7.13. The Morgan fingerprint density at radius 1 is 0.970 bits per heavy atom. The minimum absolute atomic E-state index is 0.0484. The Labute approximate surface area is 199 Å². The number of hydrogen-bond acceptors (Lipinski definition) is 3. The van der Waals surface area contributed by atoms with Gasteiger partial charge in [0.05, 0.1) is 11.5 Å². The van der Waals surface area contributed by atoms with Crippen molar-refractivity contribution in [3.05, 3.63) is 83.1 Å². The van der Waals surface area contributed by atoms with Crippen LogP contribution in [0.25, 0.3) is 0 Å². The average molecular weight is 449 g/mol. The van der Waals surface area contributed by atoms with E-state index >= 15 is 0 Å². The Balaban J connectivity index is 2.01. The molecule has 1 aliphatic heterocycles. The molecule has 3 rings (SSSR count). The first-order valence-electron chi connectivity index (χ1n) is 12.6. The van der Waals surface area contributed by atoms with Gasteiger partial charge in [0.25, 0.3) is 0 Å². The lowest BCUT2D eigenvalue weighted by molar-refractivity contribution is -0.170. The number of ether oxygens (including phenoxy) is 1. The average Bonchev–Trinajstić information content (AvgIpc) is 2.82. The van der Waals surface area contributed by atoms with E-state index in [2.05, 4.69) is 32.9 Å². The van der Waals surface area contributed by atoms with Crippen molar-refractivity contribution >= 4 is 5.97 Å². The summed E-state index contributed by atoms with van der Waals surface area (Å²) in [7, 11) is 0. The van der Waals surface area contributed by atoms with E-state index in [1.165, 1.54) is 5.56 Å². The fraction of sp³-hybridized carbons (Fsp3) is 0.500. The van der Waals surface area contributed by atoms with Gasteiger partial charge in [-0.25, -0.2) is 4.79 Å². The Hall–Kier alpha value is -2.55. The van der Waals surface area contributed by atoms with E-state index in [0.717, 1.165) is 44.1 Å². The molecule has 0 bridgehead atoms. The number of unbranched alkanes of at least 4 members (excludes halogenated alkanes) is 2. The van der Waals surface area contributed by atoms with Crippen molar-refractivity contribution in [2.45, 2.75) is 78.2 Å². The number of carbonyl (C=O) groups is 1. The normalized spacial score (nSPS) is 21.8. The summed E-state index contributed by atoms with van der Waals surface area (Å²) in [4.78, 5) is 13.6. The third-order valence-corrected chi connectivity index (χ3v) is 7.13. The quantitative estimate of drug-likeness (QED) is 0.282. The molecular formula is C30H40O3. The molecule has 1 N–H and O–H groups in total. The smallest absolute Gasteiger partial charge is 0.338 e. The Morgan fingerprint density at radius 3 is 2.21 bits per heavy atom. The molecule has 0 radical (unpaired) electrons. The van der Waals surface area contributed by atoms with Crippen molar-refractivity contribution < 1.29 is 14.6 Å². The van der Waals surface area contributed by atoms with Gasteiger partial charge in [0.15, 0.2) is 0 Å². The summed E-state index contributed by atoms with van der Waals surface area (Å²) in [5.74, 6) is -0.000574. The molecule has 2 aromatic rings. The van der Waals surface area contributed by atoms with E-state index in [-0.39, 0.29) is 23.6 Å². The number of cyclic esters (lactones) is 1. The van der Waals surface area contributed by atoms with Crippen LogP contribution in [0.3, 0.4) is 0 Å². The first-order valence-corrected chi connectivity index (χ1v) is 12.6. The van der Waals surface area contributed by atoms with Gasteiger partial charge in [0, 0.05) is 0 Å². The lowest BCUT2D eigenvalue weighted by Gasteiger charge is -2.44. The summed E-state index contributed by atoms with van der Waals surface area (Å²) < 4.78 is 6.37. The summed E-state index contributed by atoms with van der Waals surface area (Å²) in [5.41, 5.74) is 1.79. The topological polar surface area (TPSA) is 46.5 Å². The second-order valence-corrected chi connectivity index (χ2v) is 9.98. The van der Waals surface area contributed by atoms with Gasteiger partial charge in [0.1, 0.15) is 11.4 Å². The molecule has 178 valence electrons. The lowest BCUT2D eigenvalue weighted by atomic mass is 9.72. The molecule has 3 nitrogen and oxygen atoms in total. The molecule has 3 unspecified atom stereocenters. The molecule has 2 aromatic carbocycles. The van der Waals surface area contributed by atoms with Crippen LogP contribution in [0.2, 0.25) is 0 Å². The molecule has 33 heavy (non-hydrogen) atoms. The summed E-state index contributed by atoms with van der Waals surface area (Å²) in [6.07, 6.45) is 6.48. The lowest BCUT2D eigenvalue weighted by Crippen LogP contribution is -2.45. The van der Waals surface area contributed by atoms with E-state index in [1.54, 1.807) is 0 Å². The number of hydrogen-bond donors (Lipinski definition) is 1. The molecule has 3 atom stereocenters. The molecule has 0 aromatic heterocycles. The maximum absolute atomic E-state index is 13.6. The van der Waals surface area contributed by atoms with E-state index in [1.807, 2.05) is 55.5 Å². The van der Waals surface area contributed by atoms with Gasteiger partial charge in [-0.05, 0) is 48.6 Å². The van der Waals surface area contributed by atoms with E-state index in [9.17, 15) is 9.90 Å². The Morgan fingerprint density at radius 2 is 1.61 bits per heavy atom. The summed E-state index contributed by atoms with van der Waals surface area (Å²) >= 11 is 0. The molecule has 0 aliphatic carbocycles. The number of rotatable bonds is 11. The van der Waals surface area contributed by atoms with Crippen molar-refractivity contribution in [2.75, 3.05) is 0 Å². The van der Waals surface area contributed by atoms with Crippen LogP contribution >= 0.6 is 0 Å². The van der Waals surface area contributed by atoms with Gasteiger partial charge >= 0.3 is 5.97 Å². The number of aliphatic hydroxyl groups excluding tert-OH is 1. The Bertz CT molecular complexity index is 916. The summed E-state index contributed by atoms with van der Waals surface area (Å²) in [5, 5.41) is 11.6. The molecule has 1 heterocycles.